The number of nitrogens with two attached hydrogens (primary N) is 1. The summed E-state index contributed by atoms with van der Waals surface area (Å²) >= 11 is 12.1. The molecule has 0 aliphatic heterocycles. The van der Waals surface area contributed by atoms with Gasteiger partial charge in [-0.25, -0.2) is 23.5 Å². The molecule has 23 heavy (non-hydrogen) atoms. The zero-order valence-electron chi connectivity index (χ0n) is 12.1. The summed E-state index contributed by atoms with van der Waals surface area (Å²) in [5.41, 5.74) is 1.28. The lowest BCUT2D eigenvalue weighted by Crippen LogP contribution is -2.17. The fourth-order valence-corrected chi connectivity index (χ4v) is 2.88. The second-order valence-corrected chi connectivity index (χ2v) is 6.93. The van der Waals surface area contributed by atoms with Crippen LogP contribution in [0, 0.1) is 13.8 Å². The van der Waals surface area contributed by atoms with E-state index in [4.69, 9.17) is 28.3 Å². The lowest BCUT2D eigenvalue weighted by Gasteiger charge is -2.12. The molecule has 0 bridgehead atoms. The second kappa shape index (κ2) is 6.40. The van der Waals surface area contributed by atoms with E-state index >= 15 is 0 Å². The first-order valence-corrected chi connectivity index (χ1v) is 8.54. The second-order valence-electron chi connectivity index (χ2n) is 4.68. The van der Waals surface area contributed by atoms with E-state index in [1.54, 1.807) is 13.8 Å². The summed E-state index contributed by atoms with van der Waals surface area (Å²) in [4.78, 5) is 20.0. The normalized spacial score (nSPS) is 11.3. The highest BCUT2D eigenvalue weighted by atomic mass is 35.5. The maximum Gasteiger partial charge on any atom is 0.259 e. The number of hydrogen-bond acceptors (Lipinski definition) is 5. The van der Waals surface area contributed by atoms with Gasteiger partial charge < -0.3 is 5.32 Å². The molecule has 2 heterocycles. The van der Waals surface area contributed by atoms with Crippen LogP contribution in [0.3, 0.4) is 0 Å². The average molecular weight is 375 g/mol. The van der Waals surface area contributed by atoms with E-state index in [1.165, 1.54) is 12.3 Å². The molecule has 2 rings (SSSR count). The van der Waals surface area contributed by atoms with Crippen LogP contribution in [0.25, 0.3) is 0 Å². The molecule has 0 saturated carbocycles. The van der Waals surface area contributed by atoms with Crippen LogP contribution >= 0.6 is 23.2 Å². The fraction of sp³-hybridized carbons (Fsp3) is 0.154. The largest absolute Gasteiger partial charge is 0.322 e. The lowest BCUT2D eigenvalue weighted by atomic mass is 10.1. The third-order valence-electron chi connectivity index (χ3n) is 3.01. The first-order valence-electron chi connectivity index (χ1n) is 6.23. The number of halogens is 2. The maximum atomic E-state index is 12.4. The number of carbonyl (C=O) groups is 1. The molecule has 2 aromatic rings. The van der Waals surface area contributed by atoms with Gasteiger partial charge in [0.15, 0.2) is 5.03 Å². The van der Waals surface area contributed by atoms with E-state index < -0.39 is 15.9 Å². The Balaban J connectivity index is 2.40. The van der Waals surface area contributed by atoms with Gasteiger partial charge in [-0.05, 0) is 25.5 Å². The Morgan fingerprint density at radius 3 is 2.57 bits per heavy atom. The molecule has 0 radical (unpaired) electrons. The van der Waals surface area contributed by atoms with E-state index in [0.717, 1.165) is 6.07 Å². The summed E-state index contributed by atoms with van der Waals surface area (Å²) in [5.74, 6) is -0.575. The van der Waals surface area contributed by atoms with E-state index in [9.17, 15) is 13.2 Å². The van der Waals surface area contributed by atoms with Crippen LogP contribution in [-0.4, -0.2) is 24.3 Å². The van der Waals surface area contributed by atoms with Crippen molar-refractivity contribution >= 4 is 44.8 Å². The number of hydrogen-bond donors (Lipinski definition) is 2. The van der Waals surface area contributed by atoms with E-state index in [2.05, 4.69) is 15.3 Å². The molecule has 0 saturated heterocycles. The van der Waals surface area contributed by atoms with Gasteiger partial charge in [0.2, 0.25) is 0 Å². The molecule has 0 fully saturated rings. The maximum absolute atomic E-state index is 12.4. The van der Waals surface area contributed by atoms with Crippen molar-refractivity contribution in [3.05, 3.63) is 45.3 Å². The summed E-state index contributed by atoms with van der Waals surface area (Å²) in [6, 6.07) is 2.55. The van der Waals surface area contributed by atoms with Crippen LogP contribution < -0.4 is 10.5 Å². The number of pyridine rings is 2. The molecule has 0 aliphatic rings. The fourth-order valence-electron chi connectivity index (χ4n) is 1.89. The van der Waals surface area contributed by atoms with Crippen molar-refractivity contribution in [3.8, 4) is 0 Å². The number of sulfonamides is 1. The van der Waals surface area contributed by atoms with Crippen molar-refractivity contribution < 1.29 is 13.2 Å². The summed E-state index contributed by atoms with van der Waals surface area (Å²) in [7, 11) is -3.98. The number of rotatable bonds is 3. The Morgan fingerprint density at radius 1 is 1.30 bits per heavy atom. The predicted octanol–water partition coefficient (Wildman–Crippen LogP) is 2.30. The highest BCUT2D eigenvalue weighted by Crippen LogP contribution is 2.28. The zero-order chi connectivity index (χ0) is 17.4. The van der Waals surface area contributed by atoms with Gasteiger partial charge in [0.25, 0.3) is 15.9 Å². The number of carbonyl (C=O) groups excluding carboxylic acids is 1. The molecule has 2 aromatic heterocycles. The van der Waals surface area contributed by atoms with Crippen LogP contribution in [0.2, 0.25) is 10.2 Å². The Morgan fingerprint density at radius 2 is 1.96 bits per heavy atom. The van der Waals surface area contributed by atoms with Crippen molar-refractivity contribution in [3.63, 3.8) is 0 Å². The summed E-state index contributed by atoms with van der Waals surface area (Å²) in [6.07, 6.45) is 1.21. The van der Waals surface area contributed by atoms with Crippen molar-refractivity contribution in [2.24, 2.45) is 5.14 Å². The van der Waals surface area contributed by atoms with Crippen molar-refractivity contribution in [1.82, 2.24) is 9.97 Å². The van der Waals surface area contributed by atoms with Gasteiger partial charge in [0.1, 0.15) is 5.15 Å². The van der Waals surface area contributed by atoms with Gasteiger partial charge in [0, 0.05) is 18.0 Å². The molecule has 10 heteroatoms. The minimum Gasteiger partial charge on any atom is -0.322 e. The van der Waals surface area contributed by atoms with Gasteiger partial charge in [-0.1, -0.05) is 23.2 Å². The molecular formula is C13H12Cl2N4O3S. The van der Waals surface area contributed by atoms with Crippen LogP contribution in [0.5, 0.6) is 0 Å². The number of aryl methyl sites for hydroxylation is 1. The third kappa shape index (κ3) is 3.78. The molecule has 122 valence electrons. The number of nitrogens with zero attached hydrogens (tertiary/aromatic N) is 2. The van der Waals surface area contributed by atoms with Gasteiger partial charge in [0.05, 0.1) is 16.3 Å². The van der Waals surface area contributed by atoms with E-state index in [-0.39, 0.29) is 21.4 Å². The SMILES string of the molecule is Cc1nc(Cl)c(C(=O)Nc2ccnc(S(N)(=O)=O)c2)c(C)c1Cl. The Kier molecular flexibility index (Phi) is 4.90. The van der Waals surface area contributed by atoms with Crippen molar-refractivity contribution in [1.29, 1.82) is 0 Å². The van der Waals surface area contributed by atoms with E-state index in [1.807, 2.05) is 0 Å². The standard InChI is InChI=1S/C13H12Cl2N4O3S/c1-6-10(12(15)18-7(2)11(6)14)13(20)19-8-3-4-17-9(5-8)23(16,21)22/h3-5H,1-2H3,(H2,16,21,22)(H,17,19,20). The molecule has 3 N–H and O–H groups in total. The van der Waals surface area contributed by atoms with Crippen LogP contribution in [0.4, 0.5) is 5.69 Å². The minimum atomic E-state index is -3.98. The number of aromatic nitrogens is 2. The number of amides is 1. The minimum absolute atomic E-state index is 0.00243. The van der Waals surface area contributed by atoms with Crippen LogP contribution in [0.15, 0.2) is 23.4 Å². The quantitative estimate of drug-likeness (QED) is 0.799. The van der Waals surface area contributed by atoms with Gasteiger partial charge >= 0.3 is 0 Å². The number of nitrogens with one attached hydrogen (secondary N) is 1. The summed E-state index contributed by atoms with van der Waals surface area (Å²) < 4.78 is 22.6. The molecule has 0 spiro atoms. The first-order chi connectivity index (χ1) is 10.6. The predicted molar refractivity (Wildman–Crippen MR) is 87.3 cm³/mol. The highest BCUT2D eigenvalue weighted by molar-refractivity contribution is 7.89. The van der Waals surface area contributed by atoms with Crippen LogP contribution in [0.1, 0.15) is 21.6 Å². The van der Waals surface area contributed by atoms with E-state index in [0.29, 0.717) is 16.3 Å². The number of anilines is 1. The highest BCUT2D eigenvalue weighted by Gasteiger charge is 2.20. The Labute approximate surface area is 142 Å². The molecule has 0 aliphatic carbocycles. The summed E-state index contributed by atoms with van der Waals surface area (Å²) in [6.45, 7) is 3.31. The topological polar surface area (TPSA) is 115 Å². The zero-order valence-corrected chi connectivity index (χ0v) is 14.4. The molecule has 0 aromatic carbocycles. The Bertz CT molecular complexity index is 900. The molecule has 7 nitrogen and oxygen atoms in total. The monoisotopic (exact) mass is 374 g/mol. The first kappa shape index (κ1) is 17.6. The molecule has 0 atom stereocenters. The molecular weight excluding hydrogens is 363 g/mol. The van der Waals surface area contributed by atoms with Gasteiger partial charge in [-0.3, -0.25) is 4.79 Å². The smallest absolute Gasteiger partial charge is 0.259 e. The van der Waals surface area contributed by atoms with Crippen LogP contribution in [-0.2, 0) is 10.0 Å². The van der Waals surface area contributed by atoms with Gasteiger partial charge in [-0.2, -0.15) is 0 Å². The summed E-state index contributed by atoms with van der Waals surface area (Å²) in [5, 5.41) is 7.49. The van der Waals surface area contributed by atoms with Gasteiger partial charge in [-0.15, -0.1) is 0 Å². The van der Waals surface area contributed by atoms with Crippen molar-refractivity contribution in [2.75, 3.05) is 5.32 Å². The third-order valence-corrected chi connectivity index (χ3v) is 4.64. The lowest BCUT2D eigenvalue weighted by molar-refractivity contribution is 0.102. The average Bonchev–Trinajstić information content (AvgIpc) is 2.44. The molecule has 0 unspecified atom stereocenters. The molecule has 1 amide bonds. The Hall–Kier alpha value is -1.74. The van der Waals surface area contributed by atoms with Crippen molar-refractivity contribution in [2.45, 2.75) is 18.9 Å². The number of primary sulfonamides is 1.